The molecule has 1 aliphatic rings. The Labute approximate surface area is 230 Å². The summed E-state index contributed by atoms with van der Waals surface area (Å²) in [5.41, 5.74) is 4.60. The topological polar surface area (TPSA) is 64.4 Å². The van der Waals surface area contributed by atoms with Crippen molar-refractivity contribution in [3.8, 4) is 11.4 Å². The minimum Gasteiger partial charge on any atom is -0.487 e. The van der Waals surface area contributed by atoms with E-state index in [1.807, 2.05) is 12.1 Å². The molecule has 2 aromatic heterocycles. The van der Waals surface area contributed by atoms with Gasteiger partial charge in [0.1, 0.15) is 30.3 Å². The van der Waals surface area contributed by atoms with E-state index in [0.717, 1.165) is 60.7 Å². The second kappa shape index (κ2) is 11.4. The molecule has 0 spiro atoms. The molecule has 0 bridgehead atoms. The Morgan fingerprint density at radius 1 is 0.974 bits per heavy atom. The molecule has 0 radical (unpaired) electrons. The Balaban J connectivity index is 1.19. The standard InChI is InChI=1S/C30H27ClFN5O2/c31-27-15-24(4-7-29(27)39-19-21-2-1-3-23(32)14-21)35-30-26-16-25(5-6-28(26)33-20-34-30)37-9-8-22(18-37)17-36-10-12-38-13-11-36/h1-9,14-16,18,20H,10-13,17,19H2,(H,33,34,35). The number of aromatic nitrogens is 3. The monoisotopic (exact) mass is 543 g/mol. The van der Waals surface area contributed by atoms with Crippen molar-refractivity contribution in [2.75, 3.05) is 31.6 Å². The number of halogens is 2. The zero-order valence-corrected chi connectivity index (χ0v) is 21.9. The van der Waals surface area contributed by atoms with Gasteiger partial charge in [-0.05, 0) is 65.7 Å². The van der Waals surface area contributed by atoms with Crippen LogP contribution in [-0.2, 0) is 17.9 Å². The molecule has 0 atom stereocenters. The number of benzene rings is 3. The van der Waals surface area contributed by atoms with Crippen LogP contribution in [0.15, 0.2) is 85.5 Å². The summed E-state index contributed by atoms with van der Waals surface area (Å²) < 4.78 is 26.8. The molecular formula is C30H27ClFN5O2. The first-order valence-corrected chi connectivity index (χ1v) is 13.1. The second-order valence-electron chi connectivity index (χ2n) is 9.43. The summed E-state index contributed by atoms with van der Waals surface area (Å²) >= 11 is 6.50. The van der Waals surface area contributed by atoms with Gasteiger partial charge in [-0.3, -0.25) is 4.90 Å². The summed E-state index contributed by atoms with van der Waals surface area (Å²) in [6.07, 6.45) is 5.78. The molecule has 39 heavy (non-hydrogen) atoms. The average molecular weight is 544 g/mol. The fourth-order valence-electron chi connectivity index (χ4n) is 4.64. The summed E-state index contributed by atoms with van der Waals surface area (Å²) in [5.74, 6) is 0.890. The number of anilines is 2. The van der Waals surface area contributed by atoms with Gasteiger partial charge >= 0.3 is 0 Å². The SMILES string of the molecule is Fc1cccc(COc2ccc(Nc3ncnc4ccc(-n5ccc(CN6CCOCC6)c5)cc34)cc2Cl)c1. The molecular weight excluding hydrogens is 517 g/mol. The van der Waals surface area contributed by atoms with Gasteiger partial charge in [-0.2, -0.15) is 0 Å². The first-order valence-electron chi connectivity index (χ1n) is 12.8. The Morgan fingerprint density at radius 2 is 1.87 bits per heavy atom. The highest BCUT2D eigenvalue weighted by atomic mass is 35.5. The van der Waals surface area contributed by atoms with Crippen molar-refractivity contribution in [3.05, 3.63) is 107 Å². The highest BCUT2D eigenvalue weighted by Gasteiger charge is 2.13. The molecule has 1 fully saturated rings. The summed E-state index contributed by atoms with van der Waals surface area (Å²) in [4.78, 5) is 11.3. The zero-order valence-electron chi connectivity index (χ0n) is 21.2. The lowest BCUT2D eigenvalue weighted by atomic mass is 10.2. The molecule has 198 valence electrons. The maximum absolute atomic E-state index is 13.4. The number of fused-ring (bicyclic) bond motifs is 1. The van der Waals surface area contributed by atoms with Crippen molar-refractivity contribution >= 4 is 34.0 Å². The van der Waals surface area contributed by atoms with Crippen LogP contribution < -0.4 is 10.1 Å². The largest absolute Gasteiger partial charge is 0.487 e. The van der Waals surface area contributed by atoms with E-state index < -0.39 is 0 Å². The summed E-state index contributed by atoms with van der Waals surface area (Å²) in [7, 11) is 0. The lowest BCUT2D eigenvalue weighted by molar-refractivity contribution is 0.0342. The van der Waals surface area contributed by atoms with Crippen LogP contribution in [0.2, 0.25) is 5.02 Å². The third-order valence-corrected chi connectivity index (χ3v) is 6.95. The Kier molecular flexibility index (Phi) is 7.40. The maximum atomic E-state index is 13.4. The smallest absolute Gasteiger partial charge is 0.141 e. The van der Waals surface area contributed by atoms with Crippen molar-refractivity contribution in [1.29, 1.82) is 0 Å². The molecule has 0 unspecified atom stereocenters. The minimum absolute atomic E-state index is 0.219. The van der Waals surface area contributed by atoms with Gasteiger partial charge in [0.2, 0.25) is 0 Å². The van der Waals surface area contributed by atoms with Crippen molar-refractivity contribution in [3.63, 3.8) is 0 Å². The molecule has 3 heterocycles. The Hall–Kier alpha value is -3.98. The summed E-state index contributed by atoms with van der Waals surface area (Å²) in [6, 6.07) is 20.0. The molecule has 5 aromatic rings. The van der Waals surface area contributed by atoms with Crippen molar-refractivity contribution in [2.24, 2.45) is 0 Å². The molecule has 1 N–H and O–H groups in total. The third-order valence-electron chi connectivity index (χ3n) is 6.66. The molecule has 7 nitrogen and oxygen atoms in total. The van der Waals surface area contributed by atoms with Crippen LogP contribution in [-0.4, -0.2) is 45.7 Å². The van der Waals surface area contributed by atoms with Gasteiger partial charge in [-0.25, -0.2) is 14.4 Å². The molecule has 9 heteroatoms. The lowest BCUT2D eigenvalue weighted by Gasteiger charge is -2.26. The van der Waals surface area contributed by atoms with Gasteiger partial charge in [-0.1, -0.05) is 23.7 Å². The van der Waals surface area contributed by atoms with Gasteiger partial charge in [0.05, 0.1) is 23.8 Å². The van der Waals surface area contributed by atoms with Crippen LogP contribution in [0.4, 0.5) is 15.9 Å². The van der Waals surface area contributed by atoms with Crippen LogP contribution >= 0.6 is 11.6 Å². The predicted octanol–water partition coefficient (Wildman–Crippen LogP) is 6.37. The van der Waals surface area contributed by atoms with Crippen LogP contribution in [0, 0.1) is 5.82 Å². The van der Waals surface area contributed by atoms with Crippen molar-refractivity contribution in [1.82, 2.24) is 19.4 Å². The average Bonchev–Trinajstić information content (AvgIpc) is 3.42. The van der Waals surface area contributed by atoms with Crippen LogP contribution in [0.5, 0.6) is 5.75 Å². The number of morpholine rings is 1. The maximum Gasteiger partial charge on any atom is 0.141 e. The normalized spacial score (nSPS) is 14.0. The van der Waals surface area contributed by atoms with E-state index >= 15 is 0 Å². The van der Waals surface area contributed by atoms with Crippen LogP contribution in [0.1, 0.15) is 11.1 Å². The number of rotatable bonds is 8. The third kappa shape index (κ3) is 6.04. The van der Waals surface area contributed by atoms with Crippen LogP contribution in [0.3, 0.4) is 0 Å². The molecule has 3 aromatic carbocycles. The molecule has 0 saturated carbocycles. The summed E-state index contributed by atoms with van der Waals surface area (Å²) in [6.45, 7) is 4.61. The number of ether oxygens (including phenoxy) is 2. The number of nitrogens with zero attached hydrogens (tertiary/aromatic N) is 4. The van der Waals surface area contributed by atoms with E-state index in [0.29, 0.717) is 16.6 Å². The molecule has 1 aliphatic heterocycles. The molecule has 0 amide bonds. The molecule has 1 saturated heterocycles. The Bertz CT molecular complexity index is 1600. The quantitative estimate of drug-likeness (QED) is 0.245. The zero-order chi connectivity index (χ0) is 26.6. The lowest BCUT2D eigenvalue weighted by Crippen LogP contribution is -2.35. The highest BCUT2D eigenvalue weighted by Crippen LogP contribution is 2.31. The fourth-order valence-corrected chi connectivity index (χ4v) is 4.87. The number of hydrogen-bond donors (Lipinski definition) is 1. The van der Waals surface area contributed by atoms with Crippen molar-refractivity contribution in [2.45, 2.75) is 13.2 Å². The van der Waals surface area contributed by atoms with E-state index in [2.05, 4.69) is 55.3 Å². The van der Waals surface area contributed by atoms with Gasteiger partial charge in [-0.15, -0.1) is 0 Å². The van der Waals surface area contributed by atoms with E-state index in [1.165, 1.54) is 17.7 Å². The van der Waals surface area contributed by atoms with E-state index in [4.69, 9.17) is 21.1 Å². The van der Waals surface area contributed by atoms with E-state index in [9.17, 15) is 4.39 Å². The van der Waals surface area contributed by atoms with Gasteiger partial charge in [0, 0.05) is 48.8 Å². The molecule has 0 aliphatic carbocycles. The fraction of sp³-hybridized carbons (Fsp3) is 0.200. The number of nitrogens with one attached hydrogen (secondary N) is 1. The van der Waals surface area contributed by atoms with Crippen LogP contribution in [0.25, 0.3) is 16.6 Å². The highest BCUT2D eigenvalue weighted by molar-refractivity contribution is 6.32. The second-order valence-corrected chi connectivity index (χ2v) is 9.84. The first-order chi connectivity index (χ1) is 19.1. The van der Waals surface area contributed by atoms with Gasteiger partial charge in [0.15, 0.2) is 0 Å². The number of hydrogen-bond acceptors (Lipinski definition) is 6. The Morgan fingerprint density at radius 3 is 2.72 bits per heavy atom. The van der Waals surface area contributed by atoms with E-state index in [1.54, 1.807) is 30.6 Å². The first kappa shape index (κ1) is 25.3. The summed E-state index contributed by atoms with van der Waals surface area (Å²) in [5, 5.41) is 4.70. The minimum atomic E-state index is -0.299. The van der Waals surface area contributed by atoms with Gasteiger partial charge < -0.3 is 19.4 Å². The van der Waals surface area contributed by atoms with Gasteiger partial charge in [0.25, 0.3) is 0 Å². The molecule has 6 rings (SSSR count). The van der Waals surface area contributed by atoms with Crippen molar-refractivity contribution < 1.29 is 13.9 Å². The van der Waals surface area contributed by atoms with E-state index in [-0.39, 0.29) is 12.4 Å². The predicted molar refractivity (Wildman–Crippen MR) is 150 cm³/mol.